The van der Waals surface area contributed by atoms with Crippen LogP contribution in [0.4, 0.5) is 0 Å². The highest BCUT2D eigenvalue weighted by atomic mass is 16.4. The maximum absolute atomic E-state index is 10.9. The van der Waals surface area contributed by atoms with Crippen LogP contribution in [0.5, 0.6) is 0 Å². The molecule has 3 aromatic rings. The van der Waals surface area contributed by atoms with Gasteiger partial charge in [0.25, 0.3) is 5.89 Å². The van der Waals surface area contributed by atoms with Crippen molar-refractivity contribution in [2.24, 2.45) is 0 Å². The summed E-state index contributed by atoms with van der Waals surface area (Å²) in [6, 6.07) is 8.01. The number of hydrogen-bond acceptors (Lipinski definition) is 5. The Labute approximate surface area is 106 Å². The maximum atomic E-state index is 10.9. The first-order chi connectivity index (χ1) is 9.24. The Morgan fingerprint density at radius 2 is 2.05 bits per heavy atom. The van der Waals surface area contributed by atoms with E-state index in [4.69, 9.17) is 9.52 Å². The first-order valence-electron chi connectivity index (χ1n) is 5.41. The molecule has 0 spiro atoms. The van der Waals surface area contributed by atoms with Crippen molar-refractivity contribution in [2.75, 3.05) is 0 Å². The highest BCUT2D eigenvalue weighted by Crippen LogP contribution is 2.23. The topological polar surface area (TPSA) is 105 Å². The van der Waals surface area contributed by atoms with E-state index >= 15 is 0 Å². The third-order valence-electron chi connectivity index (χ3n) is 2.51. The lowest BCUT2D eigenvalue weighted by Crippen LogP contribution is -1.95. The molecule has 0 atom stereocenters. The average molecular weight is 256 g/mol. The van der Waals surface area contributed by atoms with E-state index in [1.54, 1.807) is 24.4 Å². The molecule has 1 aromatic carbocycles. The number of rotatable bonds is 3. The van der Waals surface area contributed by atoms with Gasteiger partial charge in [0, 0.05) is 11.8 Å². The fourth-order valence-corrected chi connectivity index (χ4v) is 1.61. The zero-order valence-corrected chi connectivity index (χ0v) is 9.57. The van der Waals surface area contributed by atoms with E-state index in [-0.39, 0.29) is 11.5 Å². The molecule has 2 heterocycles. The number of carbonyl (C=O) groups is 1. The van der Waals surface area contributed by atoms with Crippen molar-refractivity contribution in [1.82, 2.24) is 20.4 Å². The van der Waals surface area contributed by atoms with E-state index in [0.29, 0.717) is 17.1 Å². The number of nitrogens with one attached hydrogen (secondary N) is 1. The van der Waals surface area contributed by atoms with Gasteiger partial charge in [-0.3, -0.25) is 5.10 Å². The summed E-state index contributed by atoms with van der Waals surface area (Å²) in [6.07, 6.45) is 1.57. The molecule has 3 rings (SSSR count). The minimum Gasteiger partial charge on any atom is -0.478 e. The minimum atomic E-state index is -1.00. The molecule has 0 aliphatic heterocycles. The number of carboxylic acid groups (broad SMARTS) is 1. The SMILES string of the molecule is O=C(O)c1cccc(-c2nnc(-c3ccn[nH]3)o2)c1. The number of aromatic nitrogens is 4. The lowest BCUT2D eigenvalue weighted by molar-refractivity contribution is 0.0697. The lowest BCUT2D eigenvalue weighted by atomic mass is 10.1. The third-order valence-corrected chi connectivity index (χ3v) is 2.51. The van der Waals surface area contributed by atoms with Gasteiger partial charge in [-0.1, -0.05) is 6.07 Å². The second-order valence-corrected chi connectivity index (χ2v) is 3.77. The van der Waals surface area contributed by atoms with Gasteiger partial charge in [-0.2, -0.15) is 5.10 Å². The molecule has 0 aliphatic carbocycles. The molecule has 0 radical (unpaired) electrons. The van der Waals surface area contributed by atoms with Crippen LogP contribution in [-0.4, -0.2) is 31.5 Å². The van der Waals surface area contributed by atoms with Gasteiger partial charge in [0.2, 0.25) is 5.89 Å². The van der Waals surface area contributed by atoms with Gasteiger partial charge in [0.15, 0.2) is 0 Å². The van der Waals surface area contributed by atoms with Crippen LogP contribution in [0, 0.1) is 0 Å². The lowest BCUT2D eigenvalue weighted by Gasteiger charge is -1.97. The Morgan fingerprint density at radius 1 is 1.21 bits per heavy atom. The Balaban J connectivity index is 1.99. The van der Waals surface area contributed by atoms with Gasteiger partial charge >= 0.3 is 5.97 Å². The molecule has 0 fully saturated rings. The summed E-state index contributed by atoms with van der Waals surface area (Å²) in [5.74, 6) is -0.448. The first kappa shape index (κ1) is 11.1. The van der Waals surface area contributed by atoms with Gasteiger partial charge in [-0.15, -0.1) is 10.2 Å². The summed E-state index contributed by atoms with van der Waals surface area (Å²) in [5, 5.41) is 23.2. The van der Waals surface area contributed by atoms with Gasteiger partial charge in [0.1, 0.15) is 5.69 Å². The van der Waals surface area contributed by atoms with Crippen molar-refractivity contribution in [3.8, 4) is 23.0 Å². The van der Waals surface area contributed by atoms with Crippen molar-refractivity contribution in [3.05, 3.63) is 42.1 Å². The summed E-state index contributed by atoms with van der Waals surface area (Å²) in [5.41, 5.74) is 1.32. The van der Waals surface area contributed by atoms with E-state index in [2.05, 4.69) is 20.4 Å². The molecule has 7 heteroatoms. The fourth-order valence-electron chi connectivity index (χ4n) is 1.61. The smallest absolute Gasteiger partial charge is 0.335 e. The number of aromatic amines is 1. The Bertz CT molecular complexity index is 718. The fraction of sp³-hybridized carbons (Fsp3) is 0. The normalized spacial score (nSPS) is 10.5. The van der Waals surface area contributed by atoms with Crippen LogP contribution in [-0.2, 0) is 0 Å². The quantitative estimate of drug-likeness (QED) is 0.740. The Morgan fingerprint density at radius 3 is 2.79 bits per heavy atom. The zero-order chi connectivity index (χ0) is 13.2. The van der Waals surface area contributed by atoms with Crippen LogP contribution in [0.1, 0.15) is 10.4 Å². The van der Waals surface area contributed by atoms with Crippen LogP contribution >= 0.6 is 0 Å². The van der Waals surface area contributed by atoms with E-state index in [1.807, 2.05) is 0 Å². The summed E-state index contributed by atoms with van der Waals surface area (Å²) in [6.45, 7) is 0. The zero-order valence-electron chi connectivity index (χ0n) is 9.57. The second kappa shape index (κ2) is 4.37. The molecule has 0 amide bonds. The molecule has 0 saturated carbocycles. The molecule has 2 aromatic heterocycles. The number of carboxylic acids is 1. The van der Waals surface area contributed by atoms with Crippen molar-refractivity contribution in [3.63, 3.8) is 0 Å². The molecule has 0 bridgehead atoms. The van der Waals surface area contributed by atoms with Crippen molar-refractivity contribution < 1.29 is 14.3 Å². The molecule has 19 heavy (non-hydrogen) atoms. The van der Waals surface area contributed by atoms with Crippen LogP contribution in [0.3, 0.4) is 0 Å². The summed E-state index contributed by atoms with van der Waals surface area (Å²) < 4.78 is 5.46. The molecule has 2 N–H and O–H groups in total. The highest BCUT2D eigenvalue weighted by Gasteiger charge is 2.12. The van der Waals surface area contributed by atoms with E-state index in [0.717, 1.165) is 0 Å². The monoisotopic (exact) mass is 256 g/mol. The standard InChI is InChI=1S/C12H8N4O3/c17-12(18)8-3-1-2-7(6-8)10-15-16-11(19-10)9-4-5-13-14-9/h1-6H,(H,13,14)(H,17,18). The molecule has 0 unspecified atom stereocenters. The largest absolute Gasteiger partial charge is 0.478 e. The van der Waals surface area contributed by atoms with Crippen molar-refractivity contribution in [1.29, 1.82) is 0 Å². The predicted octanol–water partition coefficient (Wildman–Crippen LogP) is 1.82. The second-order valence-electron chi connectivity index (χ2n) is 3.77. The molecule has 7 nitrogen and oxygen atoms in total. The minimum absolute atomic E-state index is 0.166. The number of aromatic carboxylic acids is 1. The number of hydrogen-bond donors (Lipinski definition) is 2. The Hall–Kier alpha value is -2.96. The maximum Gasteiger partial charge on any atom is 0.335 e. The number of benzene rings is 1. The predicted molar refractivity (Wildman–Crippen MR) is 64.3 cm³/mol. The number of nitrogens with zero attached hydrogens (tertiary/aromatic N) is 3. The van der Waals surface area contributed by atoms with Crippen molar-refractivity contribution >= 4 is 5.97 Å². The van der Waals surface area contributed by atoms with Gasteiger partial charge in [0.05, 0.1) is 5.56 Å². The molecular weight excluding hydrogens is 248 g/mol. The van der Waals surface area contributed by atoms with Crippen LogP contribution < -0.4 is 0 Å². The van der Waals surface area contributed by atoms with Gasteiger partial charge in [-0.05, 0) is 24.3 Å². The third kappa shape index (κ3) is 2.08. The molecule has 94 valence electrons. The molecular formula is C12H8N4O3. The highest BCUT2D eigenvalue weighted by molar-refractivity contribution is 5.88. The van der Waals surface area contributed by atoms with Gasteiger partial charge in [-0.25, -0.2) is 4.79 Å². The Kier molecular flexibility index (Phi) is 2.57. The average Bonchev–Trinajstić information content (AvgIpc) is 3.09. The molecule has 0 saturated heterocycles. The van der Waals surface area contributed by atoms with Crippen LogP contribution in [0.2, 0.25) is 0 Å². The summed E-state index contributed by atoms with van der Waals surface area (Å²) >= 11 is 0. The van der Waals surface area contributed by atoms with E-state index in [1.165, 1.54) is 12.1 Å². The summed E-state index contributed by atoms with van der Waals surface area (Å²) in [7, 11) is 0. The number of H-pyrrole nitrogens is 1. The van der Waals surface area contributed by atoms with E-state index < -0.39 is 5.97 Å². The molecule has 0 aliphatic rings. The summed E-state index contributed by atoms with van der Waals surface area (Å²) in [4.78, 5) is 10.9. The van der Waals surface area contributed by atoms with Gasteiger partial charge < -0.3 is 9.52 Å². The van der Waals surface area contributed by atoms with Crippen LogP contribution in [0.25, 0.3) is 23.0 Å². The van der Waals surface area contributed by atoms with Crippen molar-refractivity contribution in [2.45, 2.75) is 0 Å². The first-order valence-corrected chi connectivity index (χ1v) is 5.41. The van der Waals surface area contributed by atoms with Crippen LogP contribution in [0.15, 0.2) is 40.9 Å². The van der Waals surface area contributed by atoms with E-state index in [9.17, 15) is 4.79 Å².